The monoisotopic (exact) mass is 317 g/mol. The number of amides is 1. The summed E-state index contributed by atoms with van der Waals surface area (Å²) in [7, 11) is 0. The number of piperazine rings is 1. The van der Waals surface area contributed by atoms with Gasteiger partial charge < -0.3 is 10.4 Å². The third-order valence-corrected chi connectivity index (χ3v) is 4.35. The molecule has 6 heteroatoms. The Morgan fingerprint density at radius 2 is 1.83 bits per heavy atom. The summed E-state index contributed by atoms with van der Waals surface area (Å²) in [6.45, 7) is 4.78. The number of carboxylic acid groups (broad SMARTS) is 1. The maximum atomic E-state index is 11.8. The van der Waals surface area contributed by atoms with Crippen molar-refractivity contribution in [2.75, 3.05) is 32.7 Å². The molecule has 2 fully saturated rings. The molecule has 0 bridgehead atoms. The summed E-state index contributed by atoms with van der Waals surface area (Å²) in [4.78, 5) is 27.3. The van der Waals surface area contributed by atoms with Gasteiger partial charge >= 0.3 is 5.97 Å². The van der Waals surface area contributed by atoms with Gasteiger partial charge in [0.25, 0.3) is 0 Å². The summed E-state index contributed by atoms with van der Waals surface area (Å²) in [6.07, 6.45) is 2.24. The minimum absolute atomic E-state index is 0.134. The predicted molar refractivity (Wildman–Crippen MR) is 86.3 cm³/mol. The van der Waals surface area contributed by atoms with Crippen molar-refractivity contribution in [1.82, 2.24) is 15.1 Å². The Morgan fingerprint density at radius 3 is 2.48 bits per heavy atom. The summed E-state index contributed by atoms with van der Waals surface area (Å²) in [5.41, 5.74) is 1.35. The van der Waals surface area contributed by atoms with E-state index in [1.807, 2.05) is 6.07 Å². The summed E-state index contributed by atoms with van der Waals surface area (Å²) in [5.74, 6) is -0.756. The van der Waals surface area contributed by atoms with Crippen molar-refractivity contribution in [3.8, 4) is 0 Å². The first-order valence-corrected chi connectivity index (χ1v) is 8.16. The molecule has 0 unspecified atom stereocenters. The normalized spacial score (nSPS) is 19.5. The number of nitrogens with one attached hydrogen (secondary N) is 1. The molecule has 1 saturated carbocycles. The quantitative estimate of drug-likeness (QED) is 0.811. The number of benzene rings is 1. The molecule has 0 spiro atoms. The van der Waals surface area contributed by atoms with Crippen molar-refractivity contribution in [1.29, 1.82) is 0 Å². The fourth-order valence-electron chi connectivity index (χ4n) is 2.87. The van der Waals surface area contributed by atoms with Crippen LogP contribution < -0.4 is 5.32 Å². The molecule has 0 radical (unpaired) electrons. The lowest BCUT2D eigenvalue weighted by Crippen LogP contribution is -2.49. The number of aromatic carboxylic acids is 1. The summed E-state index contributed by atoms with van der Waals surface area (Å²) in [6, 6.07) is 7.52. The first-order chi connectivity index (χ1) is 11.1. The lowest BCUT2D eigenvalue weighted by Gasteiger charge is -2.34. The van der Waals surface area contributed by atoms with Crippen LogP contribution in [0.2, 0.25) is 0 Å². The van der Waals surface area contributed by atoms with Crippen molar-refractivity contribution in [2.24, 2.45) is 0 Å². The number of rotatable bonds is 6. The Balaban J connectivity index is 1.44. The van der Waals surface area contributed by atoms with E-state index in [0.717, 1.165) is 51.1 Å². The Bertz CT molecular complexity index is 578. The molecule has 1 saturated heterocycles. The van der Waals surface area contributed by atoms with Crippen molar-refractivity contribution in [2.45, 2.75) is 25.4 Å². The maximum Gasteiger partial charge on any atom is 0.335 e. The molecule has 2 N–H and O–H groups in total. The topological polar surface area (TPSA) is 72.9 Å². The molecular formula is C17H23N3O3. The van der Waals surface area contributed by atoms with Gasteiger partial charge in [-0.05, 0) is 30.5 Å². The van der Waals surface area contributed by atoms with Crippen LogP contribution in [-0.2, 0) is 11.3 Å². The van der Waals surface area contributed by atoms with E-state index in [1.165, 1.54) is 0 Å². The highest BCUT2D eigenvalue weighted by Gasteiger charge is 2.25. The Hall–Kier alpha value is -1.92. The Kier molecular flexibility index (Phi) is 4.93. The van der Waals surface area contributed by atoms with Gasteiger partial charge in [0.2, 0.25) is 5.91 Å². The number of nitrogens with zero attached hydrogens (tertiary/aromatic N) is 2. The van der Waals surface area contributed by atoms with Crippen molar-refractivity contribution in [3.05, 3.63) is 35.4 Å². The van der Waals surface area contributed by atoms with E-state index >= 15 is 0 Å². The molecule has 23 heavy (non-hydrogen) atoms. The minimum Gasteiger partial charge on any atom is -0.478 e. The lowest BCUT2D eigenvalue weighted by atomic mass is 10.1. The molecular weight excluding hydrogens is 294 g/mol. The van der Waals surface area contributed by atoms with E-state index in [4.69, 9.17) is 5.11 Å². The van der Waals surface area contributed by atoms with Gasteiger partial charge in [-0.15, -0.1) is 0 Å². The van der Waals surface area contributed by atoms with Crippen molar-refractivity contribution < 1.29 is 14.7 Å². The second-order valence-electron chi connectivity index (χ2n) is 6.40. The van der Waals surface area contributed by atoms with Gasteiger partial charge in [-0.2, -0.15) is 0 Å². The number of carbonyl (C=O) groups excluding carboxylic acids is 1. The summed E-state index contributed by atoms with van der Waals surface area (Å²) >= 11 is 0. The average Bonchev–Trinajstić information content (AvgIpc) is 3.33. The second kappa shape index (κ2) is 7.10. The standard InChI is InChI=1S/C17H23N3O3/c21-16(18-15-4-5-15)12-20-8-6-19(7-9-20)11-13-2-1-3-14(10-13)17(22)23/h1-3,10,15H,4-9,11-12H2,(H,18,21)(H,22,23). The van der Waals surface area contributed by atoms with Crippen molar-refractivity contribution >= 4 is 11.9 Å². The highest BCUT2D eigenvalue weighted by molar-refractivity contribution is 5.87. The van der Waals surface area contributed by atoms with E-state index in [1.54, 1.807) is 18.2 Å². The van der Waals surface area contributed by atoms with Crippen LogP contribution in [0.1, 0.15) is 28.8 Å². The molecule has 3 rings (SSSR count). The predicted octanol–water partition coefficient (Wildman–Crippen LogP) is 0.781. The smallest absolute Gasteiger partial charge is 0.335 e. The van der Waals surface area contributed by atoms with Gasteiger partial charge in [0.05, 0.1) is 12.1 Å². The number of carbonyl (C=O) groups is 2. The highest BCUT2D eigenvalue weighted by atomic mass is 16.4. The largest absolute Gasteiger partial charge is 0.478 e. The van der Waals surface area contributed by atoms with Gasteiger partial charge in [-0.25, -0.2) is 4.79 Å². The zero-order valence-electron chi connectivity index (χ0n) is 13.2. The fourth-order valence-corrected chi connectivity index (χ4v) is 2.87. The molecule has 124 valence electrons. The Labute approximate surface area is 136 Å². The number of hydrogen-bond donors (Lipinski definition) is 2. The van der Waals surface area contributed by atoms with Gasteiger partial charge in [0.1, 0.15) is 0 Å². The molecule has 1 amide bonds. The van der Waals surface area contributed by atoms with E-state index in [2.05, 4.69) is 15.1 Å². The molecule has 0 aromatic heterocycles. The van der Waals surface area contributed by atoms with Crippen LogP contribution in [-0.4, -0.2) is 65.5 Å². The zero-order chi connectivity index (χ0) is 16.2. The third-order valence-electron chi connectivity index (χ3n) is 4.35. The van der Waals surface area contributed by atoms with Crippen LogP contribution in [0.25, 0.3) is 0 Å². The van der Waals surface area contributed by atoms with E-state index < -0.39 is 5.97 Å². The maximum absolute atomic E-state index is 11.8. The SMILES string of the molecule is O=C(CN1CCN(Cc2cccc(C(=O)O)c2)CC1)NC1CC1. The van der Waals surface area contributed by atoms with Gasteiger partial charge in [-0.1, -0.05) is 12.1 Å². The average molecular weight is 317 g/mol. The van der Waals surface area contributed by atoms with E-state index in [9.17, 15) is 9.59 Å². The third kappa shape index (κ3) is 4.77. The van der Waals surface area contributed by atoms with E-state index in [-0.39, 0.29) is 5.91 Å². The minimum atomic E-state index is -0.890. The highest BCUT2D eigenvalue weighted by Crippen LogP contribution is 2.18. The number of hydrogen-bond acceptors (Lipinski definition) is 4. The molecule has 1 aromatic carbocycles. The first-order valence-electron chi connectivity index (χ1n) is 8.16. The first kappa shape index (κ1) is 16.0. The van der Waals surface area contributed by atoms with Crippen LogP contribution in [0.5, 0.6) is 0 Å². The van der Waals surface area contributed by atoms with Crippen molar-refractivity contribution in [3.63, 3.8) is 0 Å². The fraction of sp³-hybridized carbons (Fsp3) is 0.529. The van der Waals surface area contributed by atoms with Crippen LogP contribution in [0.3, 0.4) is 0 Å². The summed E-state index contributed by atoms with van der Waals surface area (Å²) < 4.78 is 0. The Morgan fingerprint density at radius 1 is 1.13 bits per heavy atom. The lowest BCUT2D eigenvalue weighted by molar-refractivity contribution is -0.122. The molecule has 0 atom stereocenters. The van der Waals surface area contributed by atoms with E-state index in [0.29, 0.717) is 18.2 Å². The second-order valence-corrected chi connectivity index (χ2v) is 6.40. The molecule has 1 heterocycles. The van der Waals surface area contributed by atoms with Crippen LogP contribution in [0.15, 0.2) is 24.3 Å². The van der Waals surface area contributed by atoms with Gasteiger partial charge in [-0.3, -0.25) is 14.6 Å². The number of carboxylic acids is 1. The van der Waals surface area contributed by atoms with Crippen LogP contribution in [0, 0.1) is 0 Å². The molecule has 1 aliphatic carbocycles. The zero-order valence-corrected chi connectivity index (χ0v) is 13.2. The van der Waals surface area contributed by atoms with Gasteiger partial charge in [0.15, 0.2) is 0 Å². The van der Waals surface area contributed by atoms with Crippen LogP contribution >= 0.6 is 0 Å². The van der Waals surface area contributed by atoms with Crippen LogP contribution in [0.4, 0.5) is 0 Å². The molecule has 6 nitrogen and oxygen atoms in total. The molecule has 1 aromatic rings. The molecule has 1 aliphatic heterocycles. The summed E-state index contributed by atoms with van der Waals surface area (Å²) in [5, 5.41) is 12.1. The van der Waals surface area contributed by atoms with Gasteiger partial charge in [0, 0.05) is 38.8 Å². The molecule has 2 aliphatic rings.